The van der Waals surface area contributed by atoms with Crippen molar-refractivity contribution in [1.29, 1.82) is 0 Å². The number of hydrogen-bond acceptors (Lipinski definition) is 2. The van der Waals surface area contributed by atoms with Gasteiger partial charge in [0.2, 0.25) is 0 Å². The highest BCUT2D eigenvalue weighted by atomic mass is 32.1. The lowest BCUT2D eigenvalue weighted by molar-refractivity contribution is 0.0696. The van der Waals surface area contributed by atoms with E-state index in [2.05, 4.69) is 49.6 Å². The first-order chi connectivity index (χ1) is 10.9. The van der Waals surface area contributed by atoms with E-state index in [1.54, 1.807) is 0 Å². The Morgan fingerprint density at radius 3 is 2.65 bits per heavy atom. The minimum atomic E-state index is -0.221. The number of rotatable bonds is 2. The summed E-state index contributed by atoms with van der Waals surface area (Å²) in [4.78, 5) is 0. The van der Waals surface area contributed by atoms with Gasteiger partial charge < -0.3 is 15.4 Å². The molecule has 3 rings (SSSR count). The average molecular weight is 326 g/mol. The normalized spacial score (nSPS) is 18.5. The van der Waals surface area contributed by atoms with E-state index in [1.165, 1.54) is 5.56 Å². The summed E-state index contributed by atoms with van der Waals surface area (Å²) < 4.78 is 6.13. The van der Waals surface area contributed by atoms with Crippen molar-refractivity contribution in [3.8, 4) is 5.75 Å². The number of ether oxygens (including phenoxy) is 1. The first-order valence-electron chi connectivity index (χ1n) is 7.85. The van der Waals surface area contributed by atoms with Gasteiger partial charge in [-0.15, -0.1) is 0 Å². The summed E-state index contributed by atoms with van der Waals surface area (Å²) in [6.07, 6.45) is 0.861. The van der Waals surface area contributed by atoms with E-state index in [0.29, 0.717) is 5.11 Å². The van der Waals surface area contributed by atoms with E-state index in [4.69, 9.17) is 17.0 Å². The fourth-order valence-electron chi connectivity index (χ4n) is 2.93. The van der Waals surface area contributed by atoms with Crippen LogP contribution in [0.3, 0.4) is 0 Å². The highest BCUT2D eigenvalue weighted by molar-refractivity contribution is 7.80. The van der Waals surface area contributed by atoms with Gasteiger partial charge in [0.05, 0.1) is 6.04 Å². The molecule has 23 heavy (non-hydrogen) atoms. The Labute approximate surface area is 143 Å². The van der Waals surface area contributed by atoms with Crippen molar-refractivity contribution < 1.29 is 4.74 Å². The van der Waals surface area contributed by atoms with Crippen LogP contribution in [-0.2, 0) is 0 Å². The fourth-order valence-corrected chi connectivity index (χ4v) is 3.19. The minimum Gasteiger partial charge on any atom is -0.487 e. The molecule has 3 nitrogen and oxygen atoms in total. The van der Waals surface area contributed by atoms with Gasteiger partial charge in [-0.25, -0.2) is 0 Å². The van der Waals surface area contributed by atoms with Gasteiger partial charge in [0.1, 0.15) is 11.4 Å². The molecule has 120 valence electrons. The molecule has 0 fully saturated rings. The molecule has 1 aliphatic heterocycles. The molecule has 0 saturated heterocycles. The van der Waals surface area contributed by atoms with Gasteiger partial charge in [-0.1, -0.05) is 30.3 Å². The topological polar surface area (TPSA) is 33.3 Å². The van der Waals surface area contributed by atoms with Crippen molar-refractivity contribution in [1.82, 2.24) is 5.32 Å². The molecule has 0 aliphatic carbocycles. The zero-order valence-electron chi connectivity index (χ0n) is 13.7. The van der Waals surface area contributed by atoms with Gasteiger partial charge in [-0.3, -0.25) is 0 Å². The number of fused-ring (bicyclic) bond motifs is 1. The van der Waals surface area contributed by atoms with E-state index in [0.717, 1.165) is 23.4 Å². The summed E-state index contributed by atoms with van der Waals surface area (Å²) in [7, 11) is 0. The molecule has 0 bridgehead atoms. The molecular formula is C19H22N2OS. The quantitative estimate of drug-likeness (QED) is 0.791. The third-order valence-corrected chi connectivity index (χ3v) is 4.18. The first-order valence-corrected chi connectivity index (χ1v) is 8.26. The molecule has 0 saturated carbocycles. The molecule has 2 N–H and O–H groups in total. The lowest BCUT2D eigenvalue weighted by Crippen LogP contribution is -2.42. The van der Waals surface area contributed by atoms with Gasteiger partial charge in [-0.2, -0.15) is 0 Å². The van der Waals surface area contributed by atoms with Crippen molar-refractivity contribution >= 4 is 23.0 Å². The van der Waals surface area contributed by atoms with Gasteiger partial charge in [0.25, 0.3) is 0 Å². The summed E-state index contributed by atoms with van der Waals surface area (Å²) in [6, 6.07) is 16.4. The number of thiocarbonyl (C=S) groups is 1. The van der Waals surface area contributed by atoms with E-state index in [9.17, 15) is 0 Å². The summed E-state index contributed by atoms with van der Waals surface area (Å²) in [5.74, 6) is 0.946. The van der Waals surface area contributed by atoms with Crippen molar-refractivity contribution in [3.63, 3.8) is 0 Å². The van der Waals surface area contributed by atoms with Crippen molar-refractivity contribution in [2.45, 2.75) is 38.8 Å². The lowest BCUT2D eigenvalue weighted by Gasteiger charge is -2.38. The zero-order chi connectivity index (χ0) is 16.4. The third-order valence-electron chi connectivity index (χ3n) is 3.96. The average Bonchev–Trinajstić information content (AvgIpc) is 2.46. The largest absolute Gasteiger partial charge is 0.487 e. The minimum absolute atomic E-state index is 0.137. The predicted molar refractivity (Wildman–Crippen MR) is 99.0 cm³/mol. The van der Waals surface area contributed by atoms with Crippen LogP contribution in [0.5, 0.6) is 5.75 Å². The van der Waals surface area contributed by atoms with Gasteiger partial charge in [0.15, 0.2) is 5.11 Å². The second-order valence-corrected chi connectivity index (χ2v) is 7.03. The second kappa shape index (κ2) is 6.20. The van der Waals surface area contributed by atoms with Crippen LogP contribution < -0.4 is 15.4 Å². The van der Waals surface area contributed by atoms with E-state index < -0.39 is 0 Å². The third kappa shape index (κ3) is 3.82. The number of benzene rings is 2. The van der Waals surface area contributed by atoms with E-state index >= 15 is 0 Å². The fraction of sp³-hybridized carbons (Fsp3) is 0.316. The first kappa shape index (κ1) is 15.8. The van der Waals surface area contributed by atoms with Crippen LogP contribution in [0.25, 0.3) is 0 Å². The SMILES string of the molecule is Cc1ccc2c(c1)OC(C)(C)CC2NC(=S)Nc1ccccc1. The molecule has 2 aromatic carbocycles. The van der Waals surface area contributed by atoms with Crippen LogP contribution in [0.2, 0.25) is 0 Å². The molecule has 1 aliphatic rings. The summed E-state index contributed by atoms with van der Waals surface area (Å²) in [5, 5.41) is 7.31. The van der Waals surface area contributed by atoms with Crippen LogP contribution in [-0.4, -0.2) is 10.7 Å². The Balaban J connectivity index is 1.78. The number of nitrogens with one attached hydrogen (secondary N) is 2. The smallest absolute Gasteiger partial charge is 0.171 e. The molecule has 0 spiro atoms. The van der Waals surface area contributed by atoms with Gasteiger partial charge >= 0.3 is 0 Å². The molecule has 1 heterocycles. The number of hydrogen-bond donors (Lipinski definition) is 2. The Hall–Kier alpha value is -2.07. The second-order valence-electron chi connectivity index (χ2n) is 6.62. The van der Waals surface area contributed by atoms with E-state index in [-0.39, 0.29) is 11.6 Å². The lowest BCUT2D eigenvalue weighted by atomic mass is 9.89. The maximum Gasteiger partial charge on any atom is 0.171 e. The maximum absolute atomic E-state index is 6.13. The molecule has 1 atom stereocenters. The molecular weight excluding hydrogens is 304 g/mol. The number of aryl methyl sites for hydroxylation is 1. The van der Waals surface area contributed by atoms with Gasteiger partial charge in [-0.05, 0) is 56.8 Å². The maximum atomic E-state index is 6.13. The summed E-state index contributed by atoms with van der Waals surface area (Å²) in [6.45, 7) is 6.30. The Morgan fingerprint density at radius 2 is 1.91 bits per heavy atom. The van der Waals surface area contributed by atoms with Crippen LogP contribution in [0.15, 0.2) is 48.5 Å². The Morgan fingerprint density at radius 1 is 1.17 bits per heavy atom. The molecule has 0 radical (unpaired) electrons. The van der Waals surface area contributed by atoms with Gasteiger partial charge in [0, 0.05) is 17.7 Å². The highest BCUT2D eigenvalue weighted by Gasteiger charge is 2.34. The van der Waals surface area contributed by atoms with Crippen LogP contribution in [0, 0.1) is 6.92 Å². The van der Waals surface area contributed by atoms with Crippen molar-refractivity contribution in [3.05, 3.63) is 59.7 Å². The molecule has 2 aromatic rings. The number of para-hydroxylation sites is 1. The molecule has 1 unspecified atom stereocenters. The predicted octanol–water partition coefficient (Wildman–Crippen LogP) is 4.58. The molecule has 4 heteroatoms. The molecule has 0 amide bonds. The van der Waals surface area contributed by atoms with Crippen molar-refractivity contribution in [2.24, 2.45) is 0 Å². The Bertz CT molecular complexity index is 713. The van der Waals surface area contributed by atoms with Crippen LogP contribution >= 0.6 is 12.2 Å². The van der Waals surface area contributed by atoms with Crippen LogP contribution in [0.4, 0.5) is 5.69 Å². The monoisotopic (exact) mass is 326 g/mol. The van der Waals surface area contributed by atoms with E-state index in [1.807, 2.05) is 30.3 Å². The zero-order valence-corrected chi connectivity index (χ0v) is 14.5. The highest BCUT2D eigenvalue weighted by Crippen LogP contribution is 2.39. The number of anilines is 1. The summed E-state index contributed by atoms with van der Waals surface area (Å²) in [5.41, 5.74) is 3.12. The van der Waals surface area contributed by atoms with Crippen molar-refractivity contribution in [2.75, 3.05) is 5.32 Å². The summed E-state index contributed by atoms with van der Waals surface area (Å²) >= 11 is 5.48. The standard InChI is InChI=1S/C19H22N2OS/c1-13-9-10-15-16(12-19(2,3)22-17(15)11-13)21-18(23)20-14-7-5-4-6-8-14/h4-11,16H,12H2,1-3H3,(H2,20,21,23). The molecule has 0 aromatic heterocycles. The van der Waals surface area contributed by atoms with Crippen LogP contribution in [0.1, 0.15) is 37.4 Å². The Kier molecular flexibility index (Phi) is 4.26.